The number of carbonyl (C=O) groups is 2. The van der Waals surface area contributed by atoms with E-state index in [1.165, 1.54) is 0 Å². The Morgan fingerprint density at radius 2 is 1.92 bits per heavy atom. The van der Waals surface area contributed by atoms with Crippen molar-refractivity contribution in [1.82, 2.24) is 10.2 Å². The van der Waals surface area contributed by atoms with Gasteiger partial charge in [-0.3, -0.25) is 9.59 Å². The minimum absolute atomic E-state index is 0.0313. The lowest BCUT2D eigenvalue weighted by Gasteiger charge is -2.30. The molecule has 1 N–H and O–H groups in total. The van der Waals surface area contributed by atoms with Gasteiger partial charge in [-0.1, -0.05) is 0 Å². The molecule has 4 rings (SSSR count). The van der Waals surface area contributed by atoms with Gasteiger partial charge < -0.3 is 19.9 Å². The average Bonchev–Trinajstić information content (AvgIpc) is 3.13. The van der Waals surface area contributed by atoms with E-state index in [0.717, 1.165) is 43.8 Å². The molecule has 3 fully saturated rings. The summed E-state index contributed by atoms with van der Waals surface area (Å²) in [5.74, 6) is 0.733. The van der Waals surface area contributed by atoms with Crippen LogP contribution in [0.4, 0.5) is 5.69 Å². The summed E-state index contributed by atoms with van der Waals surface area (Å²) in [5, 5.41) is 3.43. The van der Waals surface area contributed by atoms with Gasteiger partial charge in [0.25, 0.3) is 0 Å². The van der Waals surface area contributed by atoms with Crippen molar-refractivity contribution in [3.05, 3.63) is 24.3 Å². The third-order valence-electron chi connectivity index (χ3n) is 5.77. The fourth-order valence-electron chi connectivity index (χ4n) is 4.44. The fraction of sp³-hybridized carbons (Fsp3) is 0.579. The van der Waals surface area contributed by atoms with Crippen LogP contribution >= 0.6 is 0 Å². The van der Waals surface area contributed by atoms with Crippen molar-refractivity contribution in [3.8, 4) is 5.75 Å². The van der Waals surface area contributed by atoms with Gasteiger partial charge in [0.15, 0.2) is 0 Å². The molecule has 3 aliphatic rings. The van der Waals surface area contributed by atoms with E-state index in [2.05, 4.69) is 10.2 Å². The van der Waals surface area contributed by atoms with Crippen LogP contribution in [0.25, 0.3) is 0 Å². The highest BCUT2D eigenvalue weighted by Gasteiger charge is 2.44. The molecule has 1 aromatic rings. The van der Waals surface area contributed by atoms with E-state index in [-0.39, 0.29) is 17.7 Å². The molecule has 2 bridgehead atoms. The summed E-state index contributed by atoms with van der Waals surface area (Å²) in [7, 11) is 1.62. The van der Waals surface area contributed by atoms with Crippen molar-refractivity contribution in [3.63, 3.8) is 0 Å². The Morgan fingerprint density at radius 3 is 2.68 bits per heavy atom. The third kappa shape index (κ3) is 2.99. The van der Waals surface area contributed by atoms with Crippen LogP contribution in [-0.2, 0) is 9.59 Å². The number of hydrogen-bond donors (Lipinski definition) is 1. The molecule has 0 aromatic heterocycles. The number of methoxy groups -OCH3 is 1. The summed E-state index contributed by atoms with van der Waals surface area (Å²) in [5.41, 5.74) is 0.835. The van der Waals surface area contributed by atoms with E-state index in [0.29, 0.717) is 25.0 Å². The van der Waals surface area contributed by atoms with E-state index in [4.69, 9.17) is 4.74 Å². The van der Waals surface area contributed by atoms with Gasteiger partial charge in [0.1, 0.15) is 5.75 Å². The summed E-state index contributed by atoms with van der Waals surface area (Å²) in [6.45, 7) is 2.34. The van der Waals surface area contributed by atoms with Gasteiger partial charge in [-0.2, -0.15) is 0 Å². The second-order valence-corrected chi connectivity index (χ2v) is 7.23. The normalized spacial score (nSPS) is 29.0. The molecule has 0 saturated carbocycles. The van der Waals surface area contributed by atoms with Gasteiger partial charge in [-0.25, -0.2) is 0 Å². The first kappa shape index (κ1) is 16.4. The summed E-state index contributed by atoms with van der Waals surface area (Å²) in [4.78, 5) is 29.4. The second kappa shape index (κ2) is 6.67. The lowest BCUT2D eigenvalue weighted by Crippen LogP contribution is -2.46. The Balaban J connectivity index is 1.48. The summed E-state index contributed by atoms with van der Waals surface area (Å²) >= 11 is 0. The molecule has 3 atom stereocenters. The van der Waals surface area contributed by atoms with E-state index >= 15 is 0 Å². The summed E-state index contributed by atoms with van der Waals surface area (Å²) < 4.78 is 5.17. The number of hydrogen-bond acceptors (Lipinski definition) is 4. The summed E-state index contributed by atoms with van der Waals surface area (Å²) in [6, 6.07) is 8.09. The third-order valence-corrected chi connectivity index (χ3v) is 5.77. The second-order valence-electron chi connectivity index (χ2n) is 7.23. The van der Waals surface area contributed by atoms with Gasteiger partial charge in [-0.15, -0.1) is 0 Å². The van der Waals surface area contributed by atoms with Crippen molar-refractivity contribution in [2.45, 2.75) is 37.8 Å². The number of nitrogens with zero attached hydrogens (tertiary/aromatic N) is 2. The predicted octanol–water partition coefficient (Wildman–Crippen LogP) is 1.40. The molecule has 2 amide bonds. The van der Waals surface area contributed by atoms with Crippen molar-refractivity contribution >= 4 is 17.5 Å². The molecule has 134 valence electrons. The zero-order valence-corrected chi connectivity index (χ0v) is 14.6. The van der Waals surface area contributed by atoms with Crippen molar-refractivity contribution < 1.29 is 14.3 Å². The number of fused-ring (bicyclic) bond motifs is 2. The SMILES string of the molecule is COc1ccc(N2CC(C(=O)N3C4CCNCC3CC4)CC2=O)cc1. The maximum atomic E-state index is 13.1. The molecule has 3 heterocycles. The van der Waals surface area contributed by atoms with Crippen molar-refractivity contribution in [2.75, 3.05) is 31.6 Å². The van der Waals surface area contributed by atoms with Crippen LogP contribution in [0.15, 0.2) is 24.3 Å². The number of rotatable bonds is 3. The highest BCUT2D eigenvalue weighted by atomic mass is 16.5. The van der Waals surface area contributed by atoms with E-state index < -0.39 is 0 Å². The van der Waals surface area contributed by atoms with E-state index in [9.17, 15) is 9.59 Å². The smallest absolute Gasteiger partial charge is 0.228 e. The van der Waals surface area contributed by atoms with Gasteiger partial charge in [0.2, 0.25) is 11.8 Å². The van der Waals surface area contributed by atoms with E-state index in [1.807, 2.05) is 24.3 Å². The van der Waals surface area contributed by atoms with Gasteiger partial charge in [0.05, 0.1) is 13.0 Å². The van der Waals surface area contributed by atoms with Crippen LogP contribution in [0.2, 0.25) is 0 Å². The minimum Gasteiger partial charge on any atom is -0.497 e. The first-order valence-electron chi connectivity index (χ1n) is 9.14. The first-order valence-corrected chi connectivity index (χ1v) is 9.14. The van der Waals surface area contributed by atoms with Crippen LogP contribution < -0.4 is 15.0 Å². The van der Waals surface area contributed by atoms with Crippen molar-refractivity contribution in [1.29, 1.82) is 0 Å². The number of nitrogens with one attached hydrogen (secondary N) is 1. The number of benzene rings is 1. The van der Waals surface area contributed by atoms with Crippen molar-refractivity contribution in [2.24, 2.45) is 5.92 Å². The topological polar surface area (TPSA) is 61.9 Å². The molecular formula is C19H25N3O3. The van der Waals surface area contributed by atoms with Crippen LogP contribution in [0.1, 0.15) is 25.7 Å². The molecule has 6 nitrogen and oxygen atoms in total. The molecule has 25 heavy (non-hydrogen) atoms. The molecule has 1 aromatic carbocycles. The average molecular weight is 343 g/mol. The highest BCUT2D eigenvalue weighted by molar-refractivity contribution is 6.00. The first-order chi connectivity index (χ1) is 12.2. The van der Waals surface area contributed by atoms with Gasteiger partial charge in [-0.05, 0) is 50.1 Å². The largest absolute Gasteiger partial charge is 0.497 e. The van der Waals surface area contributed by atoms with E-state index in [1.54, 1.807) is 12.0 Å². The zero-order chi connectivity index (χ0) is 17.4. The lowest BCUT2D eigenvalue weighted by molar-refractivity contribution is -0.138. The highest BCUT2D eigenvalue weighted by Crippen LogP contribution is 2.33. The molecule has 0 aliphatic carbocycles. The van der Waals surface area contributed by atoms with Crippen LogP contribution in [0.5, 0.6) is 5.75 Å². The standard InChI is InChI=1S/C19H25N3O3/c1-25-17-6-4-14(5-7-17)21-12-13(10-18(21)23)19(24)22-15-2-3-16(22)11-20-9-8-15/h4-7,13,15-16,20H,2-3,8-12H2,1H3. The Kier molecular flexibility index (Phi) is 4.37. The Bertz CT molecular complexity index is 646. The van der Waals surface area contributed by atoms with Gasteiger partial charge in [0, 0.05) is 37.3 Å². The maximum absolute atomic E-state index is 13.1. The monoisotopic (exact) mass is 343 g/mol. The molecule has 6 heteroatoms. The maximum Gasteiger partial charge on any atom is 0.228 e. The number of anilines is 1. The minimum atomic E-state index is -0.226. The number of ether oxygens (including phenoxy) is 1. The molecule has 0 radical (unpaired) electrons. The fourth-order valence-corrected chi connectivity index (χ4v) is 4.44. The lowest BCUT2D eigenvalue weighted by atomic mass is 10.1. The molecule has 3 aliphatic heterocycles. The Labute approximate surface area is 148 Å². The quantitative estimate of drug-likeness (QED) is 0.901. The molecule has 0 spiro atoms. The zero-order valence-electron chi connectivity index (χ0n) is 14.6. The molecule has 3 unspecified atom stereocenters. The van der Waals surface area contributed by atoms with Gasteiger partial charge >= 0.3 is 0 Å². The number of amides is 2. The molecule has 3 saturated heterocycles. The Hall–Kier alpha value is -2.08. The summed E-state index contributed by atoms with van der Waals surface area (Å²) in [6.07, 6.45) is 3.51. The predicted molar refractivity (Wildman–Crippen MR) is 94.6 cm³/mol. The van der Waals surface area contributed by atoms with Crippen LogP contribution in [0.3, 0.4) is 0 Å². The number of carbonyl (C=O) groups excluding carboxylic acids is 2. The molecular weight excluding hydrogens is 318 g/mol. The van der Waals surface area contributed by atoms with Crippen LogP contribution in [-0.4, -0.2) is 55.5 Å². The van der Waals surface area contributed by atoms with Crippen LogP contribution in [0, 0.1) is 5.92 Å². The Morgan fingerprint density at radius 1 is 1.16 bits per heavy atom.